The predicted octanol–water partition coefficient (Wildman–Crippen LogP) is 1.12. The number of hydrogen-bond donors (Lipinski definition) is 1. The lowest BCUT2D eigenvalue weighted by Crippen LogP contribution is -2.36. The Bertz CT molecular complexity index is 360. The minimum atomic E-state index is -0.638. The highest BCUT2D eigenvalue weighted by atomic mass is 32.1. The molecular formula is C12H15NO2S. The second-order valence-corrected chi connectivity index (χ2v) is 4.61. The number of thiophene rings is 1. The molecule has 1 atom stereocenters. The standard InChI is InChI=1S/C12H15NO2S/c14-11(12-4-2-10-16-12)3-1-5-13-6-8-15-9-7-13/h2,4,10-11,14H,5-9H2/t11-/m0/s1. The molecule has 1 N–H and O–H groups in total. The van der Waals surface area contributed by atoms with E-state index in [1.807, 2.05) is 17.5 Å². The van der Waals surface area contributed by atoms with Crippen molar-refractivity contribution in [2.24, 2.45) is 0 Å². The van der Waals surface area contributed by atoms with Gasteiger partial charge in [-0.3, -0.25) is 4.90 Å². The molecule has 1 aliphatic rings. The number of hydrogen-bond acceptors (Lipinski definition) is 4. The SMILES string of the molecule is O[C@@H](C#CCN1CCOCC1)c1cccs1. The molecule has 1 aromatic heterocycles. The summed E-state index contributed by atoms with van der Waals surface area (Å²) in [4.78, 5) is 3.15. The van der Waals surface area contributed by atoms with Crippen LogP contribution in [0.15, 0.2) is 17.5 Å². The largest absolute Gasteiger partial charge is 0.379 e. The quantitative estimate of drug-likeness (QED) is 0.782. The summed E-state index contributed by atoms with van der Waals surface area (Å²) in [6.07, 6.45) is -0.638. The molecule has 0 aromatic carbocycles. The topological polar surface area (TPSA) is 32.7 Å². The maximum absolute atomic E-state index is 9.73. The zero-order valence-corrected chi connectivity index (χ0v) is 9.87. The molecule has 1 aromatic rings. The molecule has 0 bridgehead atoms. The molecule has 1 fully saturated rings. The summed E-state index contributed by atoms with van der Waals surface area (Å²) in [7, 11) is 0. The van der Waals surface area contributed by atoms with Crippen LogP contribution in [0.5, 0.6) is 0 Å². The van der Waals surface area contributed by atoms with Crippen LogP contribution in [0, 0.1) is 11.8 Å². The molecule has 1 saturated heterocycles. The van der Waals surface area contributed by atoms with E-state index in [1.54, 1.807) is 0 Å². The van der Waals surface area contributed by atoms with Crippen molar-refractivity contribution in [1.82, 2.24) is 4.90 Å². The first-order valence-corrected chi connectivity index (χ1v) is 6.24. The fourth-order valence-corrected chi connectivity index (χ4v) is 2.19. The van der Waals surface area contributed by atoms with E-state index in [4.69, 9.17) is 4.74 Å². The summed E-state index contributed by atoms with van der Waals surface area (Å²) in [6.45, 7) is 4.16. The van der Waals surface area contributed by atoms with E-state index in [0.29, 0.717) is 6.54 Å². The van der Waals surface area contributed by atoms with Crippen molar-refractivity contribution in [3.63, 3.8) is 0 Å². The van der Waals surface area contributed by atoms with Gasteiger partial charge in [0.15, 0.2) is 0 Å². The molecule has 0 spiro atoms. The van der Waals surface area contributed by atoms with Gasteiger partial charge in [0, 0.05) is 18.0 Å². The van der Waals surface area contributed by atoms with Gasteiger partial charge in [0.05, 0.1) is 19.8 Å². The zero-order chi connectivity index (χ0) is 11.2. The fraction of sp³-hybridized carbons (Fsp3) is 0.500. The summed E-state index contributed by atoms with van der Waals surface area (Å²) in [5.41, 5.74) is 0. The van der Waals surface area contributed by atoms with Crippen LogP contribution in [0.2, 0.25) is 0 Å². The van der Waals surface area contributed by atoms with Crippen LogP contribution in [0.25, 0.3) is 0 Å². The van der Waals surface area contributed by atoms with Gasteiger partial charge >= 0.3 is 0 Å². The maximum atomic E-state index is 9.73. The highest BCUT2D eigenvalue weighted by Gasteiger charge is 2.08. The van der Waals surface area contributed by atoms with Gasteiger partial charge in [-0.1, -0.05) is 17.9 Å². The molecule has 16 heavy (non-hydrogen) atoms. The normalized spacial score (nSPS) is 18.8. The van der Waals surface area contributed by atoms with E-state index in [9.17, 15) is 5.11 Å². The van der Waals surface area contributed by atoms with Gasteiger partial charge in [-0.05, 0) is 11.4 Å². The number of ether oxygens (including phenoxy) is 1. The van der Waals surface area contributed by atoms with Gasteiger partial charge in [0.1, 0.15) is 6.10 Å². The molecule has 4 heteroatoms. The number of morpholine rings is 1. The van der Waals surface area contributed by atoms with Crippen LogP contribution in [0.3, 0.4) is 0 Å². The van der Waals surface area contributed by atoms with E-state index >= 15 is 0 Å². The lowest BCUT2D eigenvalue weighted by atomic mass is 10.3. The minimum Gasteiger partial charge on any atom is -0.379 e. The smallest absolute Gasteiger partial charge is 0.149 e. The molecule has 86 valence electrons. The van der Waals surface area contributed by atoms with Gasteiger partial charge in [0.25, 0.3) is 0 Å². The van der Waals surface area contributed by atoms with Crippen molar-refractivity contribution < 1.29 is 9.84 Å². The van der Waals surface area contributed by atoms with Crippen LogP contribution < -0.4 is 0 Å². The Hall–Kier alpha value is -0.860. The summed E-state index contributed by atoms with van der Waals surface area (Å²) in [6, 6.07) is 3.83. The van der Waals surface area contributed by atoms with Crippen molar-refractivity contribution >= 4 is 11.3 Å². The summed E-state index contributed by atoms with van der Waals surface area (Å²) < 4.78 is 5.25. The van der Waals surface area contributed by atoms with Crippen molar-refractivity contribution in [3.05, 3.63) is 22.4 Å². The van der Waals surface area contributed by atoms with Gasteiger partial charge in [-0.25, -0.2) is 0 Å². The Labute approximate surface area is 99.7 Å². The highest BCUT2D eigenvalue weighted by Crippen LogP contribution is 2.17. The Morgan fingerprint density at radius 2 is 2.31 bits per heavy atom. The number of aliphatic hydroxyl groups excluding tert-OH is 1. The van der Waals surface area contributed by atoms with E-state index in [1.165, 1.54) is 11.3 Å². The molecule has 0 aliphatic carbocycles. The van der Waals surface area contributed by atoms with Gasteiger partial charge in [0.2, 0.25) is 0 Å². The second-order valence-electron chi connectivity index (χ2n) is 3.63. The third-order valence-corrected chi connectivity index (χ3v) is 3.38. The Balaban J connectivity index is 1.80. The highest BCUT2D eigenvalue weighted by molar-refractivity contribution is 7.10. The monoisotopic (exact) mass is 237 g/mol. The van der Waals surface area contributed by atoms with Crippen molar-refractivity contribution in [1.29, 1.82) is 0 Å². The van der Waals surface area contributed by atoms with Gasteiger partial charge in [-0.15, -0.1) is 11.3 Å². The number of rotatable bonds is 2. The maximum Gasteiger partial charge on any atom is 0.149 e. The van der Waals surface area contributed by atoms with E-state index in [0.717, 1.165) is 31.2 Å². The number of aliphatic hydroxyl groups is 1. The van der Waals surface area contributed by atoms with Crippen molar-refractivity contribution in [3.8, 4) is 11.8 Å². The third kappa shape index (κ3) is 3.32. The lowest BCUT2D eigenvalue weighted by molar-refractivity contribution is 0.0443. The number of nitrogens with zero attached hydrogens (tertiary/aromatic N) is 1. The van der Waals surface area contributed by atoms with E-state index in [-0.39, 0.29) is 0 Å². The zero-order valence-electron chi connectivity index (χ0n) is 9.06. The second kappa shape index (κ2) is 6.02. The Morgan fingerprint density at radius 3 is 3.00 bits per heavy atom. The van der Waals surface area contributed by atoms with Crippen LogP contribution in [-0.4, -0.2) is 42.9 Å². The molecule has 0 unspecified atom stereocenters. The van der Waals surface area contributed by atoms with Crippen LogP contribution >= 0.6 is 11.3 Å². The van der Waals surface area contributed by atoms with Crippen molar-refractivity contribution in [2.75, 3.05) is 32.8 Å². The van der Waals surface area contributed by atoms with Crippen LogP contribution in [0.1, 0.15) is 11.0 Å². The molecule has 3 nitrogen and oxygen atoms in total. The average molecular weight is 237 g/mol. The third-order valence-electron chi connectivity index (χ3n) is 2.46. The first-order chi connectivity index (χ1) is 7.86. The molecular weight excluding hydrogens is 222 g/mol. The lowest BCUT2D eigenvalue weighted by Gasteiger charge is -2.24. The molecule has 1 aliphatic heterocycles. The molecule has 2 heterocycles. The average Bonchev–Trinajstić information content (AvgIpc) is 2.84. The summed E-state index contributed by atoms with van der Waals surface area (Å²) in [5.74, 6) is 5.89. The first-order valence-electron chi connectivity index (χ1n) is 5.36. The summed E-state index contributed by atoms with van der Waals surface area (Å²) >= 11 is 1.53. The van der Waals surface area contributed by atoms with E-state index in [2.05, 4.69) is 16.7 Å². The molecule has 0 radical (unpaired) electrons. The van der Waals surface area contributed by atoms with Crippen LogP contribution in [0.4, 0.5) is 0 Å². The Morgan fingerprint density at radius 1 is 1.50 bits per heavy atom. The van der Waals surface area contributed by atoms with Gasteiger partial charge in [-0.2, -0.15) is 0 Å². The first kappa shape index (κ1) is 11.6. The van der Waals surface area contributed by atoms with Gasteiger partial charge < -0.3 is 9.84 Å². The fourth-order valence-electron chi connectivity index (χ4n) is 1.53. The minimum absolute atomic E-state index is 0.638. The van der Waals surface area contributed by atoms with Crippen molar-refractivity contribution in [2.45, 2.75) is 6.10 Å². The molecule has 2 rings (SSSR count). The predicted molar refractivity (Wildman–Crippen MR) is 64.3 cm³/mol. The molecule has 0 amide bonds. The van der Waals surface area contributed by atoms with E-state index < -0.39 is 6.10 Å². The summed E-state index contributed by atoms with van der Waals surface area (Å²) in [5, 5.41) is 11.7. The Kier molecular flexibility index (Phi) is 4.37. The molecule has 0 saturated carbocycles. The van der Waals surface area contributed by atoms with Crippen LogP contribution in [-0.2, 0) is 4.74 Å².